The van der Waals surface area contributed by atoms with Gasteiger partial charge >= 0.3 is 0 Å². The molecule has 4 atom stereocenters. The SMILES string of the molecule is CCC[C@@H]1[C@H](CC)C[C@@H](CC)C2CCCN21. The van der Waals surface area contributed by atoms with Gasteiger partial charge in [-0.3, -0.25) is 4.90 Å². The van der Waals surface area contributed by atoms with Gasteiger partial charge in [0.1, 0.15) is 0 Å². The second-order valence-electron chi connectivity index (χ2n) is 5.88. The summed E-state index contributed by atoms with van der Waals surface area (Å²) in [5.41, 5.74) is 0. The highest BCUT2D eigenvalue weighted by Gasteiger charge is 2.42. The average Bonchev–Trinajstić information content (AvgIpc) is 2.78. The van der Waals surface area contributed by atoms with Crippen LogP contribution in [0, 0.1) is 11.8 Å². The van der Waals surface area contributed by atoms with Crippen molar-refractivity contribution in [1.29, 1.82) is 0 Å². The fourth-order valence-corrected chi connectivity index (χ4v) is 4.28. The van der Waals surface area contributed by atoms with Crippen molar-refractivity contribution in [3.05, 3.63) is 0 Å². The van der Waals surface area contributed by atoms with E-state index in [1.54, 1.807) is 0 Å². The molecule has 2 rings (SSSR count). The Labute approximate surface area is 102 Å². The molecule has 0 saturated carbocycles. The Morgan fingerprint density at radius 2 is 1.81 bits per heavy atom. The zero-order chi connectivity index (χ0) is 11.5. The molecule has 0 aromatic rings. The molecule has 0 bridgehead atoms. The highest BCUT2D eigenvalue weighted by Crippen LogP contribution is 2.42. The molecule has 0 aromatic carbocycles. The van der Waals surface area contributed by atoms with Gasteiger partial charge in [0.2, 0.25) is 0 Å². The summed E-state index contributed by atoms with van der Waals surface area (Å²) in [5, 5.41) is 0. The van der Waals surface area contributed by atoms with E-state index in [4.69, 9.17) is 0 Å². The summed E-state index contributed by atoms with van der Waals surface area (Å²) in [6.45, 7) is 8.54. The Morgan fingerprint density at radius 3 is 2.44 bits per heavy atom. The Kier molecular flexibility index (Phi) is 4.29. The van der Waals surface area contributed by atoms with Crippen molar-refractivity contribution in [3.63, 3.8) is 0 Å². The Balaban J connectivity index is 2.11. The van der Waals surface area contributed by atoms with Gasteiger partial charge in [-0.2, -0.15) is 0 Å². The lowest BCUT2D eigenvalue weighted by molar-refractivity contribution is 0.0188. The summed E-state index contributed by atoms with van der Waals surface area (Å²) >= 11 is 0. The number of fused-ring (bicyclic) bond motifs is 1. The highest BCUT2D eigenvalue weighted by molar-refractivity contribution is 4.96. The first kappa shape index (κ1) is 12.4. The van der Waals surface area contributed by atoms with Crippen molar-refractivity contribution in [2.45, 2.75) is 77.8 Å². The van der Waals surface area contributed by atoms with E-state index in [0.717, 1.165) is 23.9 Å². The van der Waals surface area contributed by atoms with Crippen LogP contribution in [0.3, 0.4) is 0 Å². The predicted molar refractivity (Wildman–Crippen MR) is 70.6 cm³/mol. The van der Waals surface area contributed by atoms with Crippen LogP contribution in [-0.4, -0.2) is 23.5 Å². The lowest BCUT2D eigenvalue weighted by Crippen LogP contribution is -2.51. The Bertz CT molecular complexity index is 213. The largest absolute Gasteiger partial charge is 0.297 e. The normalized spacial score (nSPS) is 39.9. The van der Waals surface area contributed by atoms with Gasteiger partial charge in [-0.25, -0.2) is 0 Å². The monoisotopic (exact) mass is 223 g/mol. The molecule has 0 amide bonds. The lowest BCUT2D eigenvalue weighted by Gasteiger charge is -2.47. The van der Waals surface area contributed by atoms with E-state index >= 15 is 0 Å². The average molecular weight is 223 g/mol. The van der Waals surface area contributed by atoms with Gasteiger partial charge in [0.05, 0.1) is 0 Å². The summed E-state index contributed by atoms with van der Waals surface area (Å²) < 4.78 is 0. The van der Waals surface area contributed by atoms with Crippen molar-refractivity contribution < 1.29 is 0 Å². The van der Waals surface area contributed by atoms with Gasteiger partial charge in [-0.15, -0.1) is 0 Å². The topological polar surface area (TPSA) is 3.24 Å². The van der Waals surface area contributed by atoms with Crippen LogP contribution in [0.5, 0.6) is 0 Å². The summed E-state index contributed by atoms with van der Waals surface area (Å²) in [6, 6.07) is 1.87. The number of piperidine rings is 1. The second kappa shape index (κ2) is 5.53. The van der Waals surface area contributed by atoms with Crippen LogP contribution in [0.2, 0.25) is 0 Å². The molecular weight excluding hydrogens is 194 g/mol. The quantitative estimate of drug-likeness (QED) is 0.694. The van der Waals surface area contributed by atoms with Gasteiger partial charge in [-0.1, -0.05) is 40.0 Å². The van der Waals surface area contributed by atoms with Crippen LogP contribution in [-0.2, 0) is 0 Å². The van der Waals surface area contributed by atoms with Crippen LogP contribution in [0.25, 0.3) is 0 Å². The van der Waals surface area contributed by atoms with Crippen LogP contribution in [0.15, 0.2) is 0 Å². The summed E-state index contributed by atoms with van der Waals surface area (Å²) in [7, 11) is 0. The van der Waals surface area contributed by atoms with E-state index in [-0.39, 0.29) is 0 Å². The molecule has 0 radical (unpaired) electrons. The van der Waals surface area contributed by atoms with Crippen molar-refractivity contribution >= 4 is 0 Å². The van der Waals surface area contributed by atoms with Crippen LogP contribution in [0.4, 0.5) is 0 Å². The van der Waals surface area contributed by atoms with Crippen molar-refractivity contribution in [1.82, 2.24) is 4.90 Å². The van der Waals surface area contributed by atoms with E-state index in [1.807, 2.05) is 0 Å². The molecule has 16 heavy (non-hydrogen) atoms. The van der Waals surface area contributed by atoms with Crippen LogP contribution >= 0.6 is 0 Å². The van der Waals surface area contributed by atoms with Crippen molar-refractivity contribution in [2.75, 3.05) is 6.54 Å². The van der Waals surface area contributed by atoms with E-state index in [9.17, 15) is 0 Å². The van der Waals surface area contributed by atoms with Gasteiger partial charge < -0.3 is 0 Å². The van der Waals surface area contributed by atoms with E-state index in [0.29, 0.717) is 0 Å². The first-order valence-electron chi connectivity index (χ1n) is 7.57. The number of rotatable bonds is 4. The minimum atomic E-state index is 0.922. The molecular formula is C15H29N. The minimum Gasteiger partial charge on any atom is -0.297 e. The van der Waals surface area contributed by atoms with Gasteiger partial charge in [0.15, 0.2) is 0 Å². The maximum Gasteiger partial charge on any atom is 0.0127 e. The Hall–Kier alpha value is -0.0400. The summed E-state index contributed by atoms with van der Waals surface area (Å²) in [5.74, 6) is 1.99. The van der Waals surface area contributed by atoms with Gasteiger partial charge in [0.25, 0.3) is 0 Å². The minimum absolute atomic E-state index is 0.922. The number of hydrogen-bond donors (Lipinski definition) is 0. The zero-order valence-corrected chi connectivity index (χ0v) is 11.4. The molecule has 94 valence electrons. The standard InChI is InChI=1S/C15H29N/c1-4-8-14-12(5-2)11-13(6-3)15-9-7-10-16(14)15/h12-15H,4-11H2,1-3H3/t12-,13-,14-,15?/m1/s1. The molecule has 1 nitrogen and oxygen atoms in total. The summed E-state index contributed by atoms with van der Waals surface area (Å²) in [4.78, 5) is 2.90. The summed E-state index contributed by atoms with van der Waals surface area (Å²) in [6.07, 6.45) is 10.0. The fourth-order valence-electron chi connectivity index (χ4n) is 4.28. The first-order chi connectivity index (χ1) is 7.81. The van der Waals surface area contributed by atoms with E-state index in [1.165, 1.54) is 51.5 Å². The highest BCUT2D eigenvalue weighted by atomic mass is 15.2. The maximum absolute atomic E-state index is 2.90. The first-order valence-corrected chi connectivity index (χ1v) is 7.57. The van der Waals surface area contributed by atoms with Gasteiger partial charge in [-0.05, 0) is 44.1 Å². The molecule has 0 spiro atoms. The third-order valence-electron chi connectivity index (χ3n) is 5.10. The zero-order valence-electron chi connectivity index (χ0n) is 11.4. The molecule has 0 N–H and O–H groups in total. The molecule has 2 aliphatic heterocycles. The predicted octanol–water partition coefficient (Wildman–Crippen LogP) is 4.08. The number of nitrogens with zero attached hydrogens (tertiary/aromatic N) is 1. The van der Waals surface area contributed by atoms with Gasteiger partial charge in [0, 0.05) is 12.1 Å². The lowest BCUT2D eigenvalue weighted by atomic mass is 9.75. The van der Waals surface area contributed by atoms with Crippen LogP contribution < -0.4 is 0 Å². The fraction of sp³-hybridized carbons (Fsp3) is 1.00. The molecule has 1 unspecified atom stereocenters. The molecule has 2 fully saturated rings. The smallest absolute Gasteiger partial charge is 0.0127 e. The van der Waals surface area contributed by atoms with Crippen molar-refractivity contribution in [3.8, 4) is 0 Å². The Morgan fingerprint density at radius 1 is 1.06 bits per heavy atom. The molecule has 0 aromatic heterocycles. The van der Waals surface area contributed by atoms with Crippen molar-refractivity contribution in [2.24, 2.45) is 11.8 Å². The second-order valence-corrected chi connectivity index (χ2v) is 5.88. The van der Waals surface area contributed by atoms with E-state index in [2.05, 4.69) is 25.7 Å². The molecule has 2 saturated heterocycles. The molecule has 0 aliphatic carbocycles. The molecule has 2 aliphatic rings. The van der Waals surface area contributed by atoms with E-state index < -0.39 is 0 Å². The molecule has 2 heterocycles. The number of hydrogen-bond acceptors (Lipinski definition) is 1. The third kappa shape index (κ3) is 2.16. The van der Waals surface area contributed by atoms with Crippen LogP contribution in [0.1, 0.15) is 65.7 Å². The third-order valence-corrected chi connectivity index (χ3v) is 5.10. The molecule has 1 heteroatoms. The maximum atomic E-state index is 2.90.